The van der Waals surface area contributed by atoms with E-state index in [-0.39, 0.29) is 0 Å². The minimum Gasteiger partial charge on any atom is -0.452 e. The van der Waals surface area contributed by atoms with Gasteiger partial charge in [0.1, 0.15) is 5.82 Å². The fourth-order valence-corrected chi connectivity index (χ4v) is 3.74. The van der Waals surface area contributed by atoms with Crippen molar-refractivity contribution in [2.24, 2.45) is 0 Å². The number of amides is 1. The Morgan fingerprint density at radius 1 is 0.969 bits per heavy atom. The van der Waals surface area contributed by atoms with Crippen LogP contribution in [-0.4, -0.2) is 33.4 Å². The number of hydrogen-bond donors (Lipinski definition) is 2. The number of carbonyl (C=O) groups excluding carboxylic acids is 2. The number of aryl methyl sites for hydroxylation is 3. The number of carbonyl (C=O) groups is 2. The first-order valence-corrected chi connectivity index (χ1v) is 10.9. The topological polar surface area (TPSA) is 97.0 Å². The number of imidazole rings is 1. The summed E-state index contributed by atoms with van der Waals surface area (Å²) in [5.41, 5.74) is 6.08. The fraction of sp³-hybridized carbons (Fsp3) is 0.167. The number of hydrogen-bond acceptors (Lipinski definition) is 6. The van der Waals surface area contributed by atoms with Gasteiger partial charge in [0.15, 0.2) is 11.7 Å². The van der Waals surface area contributed by atoms with Crippen molar-refractivity contribution in [3.05, 3.63) is 76.4 Å². The largest absolute Gasteiger partial charge is 0.452 e. The van der Waals surface area contributed by atoms with Crippen molar-refractivity contribution in [2.75, 3.05) is 11.9 Å². The van der Waals surface area contributed by atoms with Crippen LogP contribution in [-0.2, 0) is 9.53 Å². The van der Waals surface area contributed by atoms with Crippen LogP contribution in [0.3, 0.4) is 0 Å². The molecule has 32 heavy (non-hydrogen) atoms. The zero-order chi connectivity index (χ0) is 22.7. The SMILES string of the molecule is Cc1ccc(-c2csc(NC(=O)COC(=O)c3ccc(-c4nc(C)c(C)[nH]4)cc3)n2)cc1. The number of benzene rings is 2. The van der Waals surface area contributed by atoms with Gasteiger partial charge in [-0.3, -0.25) is 10.1 Å². The van der Waals surface area contributed by atoms with E-state index >= 15 is 0 Å². The first-order valence-electron chi connectivity index (χ1n) is 10.0. The summed E-state index contributed by atoms with van der Waals surface area (Å²) < 4.78 is 5.14. The van der Waals surface area contributed by atoms with Crippen LogP contribution in [0.2, 0.25) is 0 Å². The van der Waals surface area contributed by atoms with Crippen molar-refractivity contribution in [1.29, 1.82) is 0 Å². The number of rotatable bonds is 6. The van der Waals surface area contributed by atoms with E-state index in [1.165, 1.54) is 16.9 Å². The Balaban J connectivity index is 1.31. The molecule has 0 fully saturated rings. The average molecular weight is 447 g/mol. The summed E-state index contributed by atoms with van der Waals surface area (Å²) in [5.74, 6) is -0.271. The molecule has 1 amide bonds. The van der Waals surface area contributed by atoms with E-state index < -0.39 is 18.5 Å². The number of aromatic nitrogens is 3. The second-order valence-corrected chi connectivity index (χ2v) is 8.26. The lowest BCUT2D eigenvalue weighted by molar-refractivity contribution is -0.119. The van der Waals surface area contributed by atoms with Gasteiger partial charge in [0.2, 0.25) is 0 Å². The molecule has 162 valence electrons. The lowest BCUT2D eigenvalue weighted by Crippen LogP contribution is -2.20. The third-order valence-electron chi connectivity index (χ3n) is 4.95. The quantitative estimate of drug-likeness (QED) is 0.410. The summed E-state index contributed by atoms with van der Waals surface area (Å²) >= 11 is 1.32. The number of nitrogens with one attached hydrogen (secondary N) is 2. The van der Waals surface area contributed by atoms with Crippen molar-refractivity contribution < 1.29 is 14.3 Å². The first kappa shape index (κ1) is 21.5. The standard InChI is InChI=1S/C24H22N4O3S/c1-14-4-6-17(7-5-14)20-13-32-24(27-20)28-21(29)12-31-23(30)19-10-8-18(9-11-19)22-25-15(2)16(3)26-22/h4-11,13H,12H2,1-3H3,(H,25,26)(H,27,28,29). The van der Waals surface area contributed by atoms with E-state index in [9.17, 15) is 9.59 Å². The molecule has 0 unspecified atom stereocenters. The molecule has 2 aromatic heterocycles. The van der Waals surface area contributed by atoms with Crippen LogP contribution in [0.15, 0.2) is 53.9 Å². The maximum absolute atomic E-state index is 12.3. The van der Waals surface area contributed by atoms with Crippen LogP contribution < -0.4 is 5.32 Å². The van der Waals surface area contributed by atoms with Gasteiger partial charge in [-0.15, -0.1) is 11.3 Å². The maximum atomic E-state index is 12.3. The molecule has 0 saturated heterocycles. The van der Waals surface area contributed by atoms with Crippen molar-refractivity contribution >= 4 is 28.3 Å². The highest BCUT2D eigenvalue weighted by Crippen LogP contribution is 2.25. The van der Waals surface area contributed by atoms with Gasteiger partial charge < -0.3 is 9.72 Å². The van der Waals surface area contributed by atoms with E-state index in [4.69, 9.17) is 4.74 Å². The molecule has 0 aliphatic carbocycles. The van der Waals surface area contributed by atoms with Crippen molar-refractivity contribution in [2.45, 2.75) is 20.8 Å². The number of H-pyrrole nitrogens is 1. The molecule has 0 atom stereocenters. The van der Waals surface area contributed by atoms with Gasteiger partial charge in [-0.1, -0.05) is 42.0 Å². The number of ether oxygens (including phenoxy) is 1. The Hall–Kier alpha value is -3.78. The second kappa shape index (κ2) is 9.15. The Morgan fingerprint density at radius 3 is 2.31 bits per heavy atom. The van der Waals surface area contributed by atoms with E-state index in [2.05, 4.69) is 20.3 Å². The molecule has 4 aromatic rings. The molecule has 4 rings (SSSR count). The normalized spacial score (nSPS) is 10.7. The minimum absolute atomic E-state index is 0.359. The van der Waals surface area contributed by atoms with Crippen LogP contribution >= 0.6 is 11.3 Å². The molecule has 0 aliphatic rings. The van der Waals surface area contributed by atoms with Crippen LogP contribution in [0.5, 0.6) is 0 Å². The average Bonchev–Trinajstić information content (AvgIpc) is 3.39. The molecule has 0 saturated carbocycles. The molecule has 0 bridgehead atoms. The molecule has 2 aromatic carbocycles. The minimum atomic E-state index is -0.571. The highest BCUT2D eigenvalue weighted by Gasteiger charge is 2.13. The van der Waals surface area contributed by atoms with Gasteiger partial charge in [0, 0.05) is 22.2 Å². The summed E-state index contributed by atoms with van der Waals surface area (Å²) in [4.78, 5) is 36.5. The van der Waals surface area contributed by atoms with Gasteiger partial charge in [-0.25, -0.2) is 14.8 Å². The summed E-state index contributed by atoms with van der Waals surface area (Å²) in [5, 5.41) is 4.99. The van der Waals surface area contributed by atoms with Crippen molar-refractivity contribution in [1.82, 2.24) is 15.0 Å². The van der Waals surface area contributed by atoms with Gasteiger partial charge in [0.25, 0.3) is 5.91 Å². The number of aromatic amines is 1. The van der Waals surface area contributed by atoms with Gasteiger partial charge >= 0.3 is 5.97 Å². The third-order valence-corrected chi connectivity index (χ3v) is 5.71. The predicted molar refractivity (Wildman–Crippen MR) is 125 cm³/mol. The summed E-state index contributed by atoms with van der Waals surface area (Å²) in [6, 6.07) is 14.9. The molecule has 0 spiro atoms. The van der Waals surface area contributed by atoms with E-state index in [1.54, 1.807) is 24.3 Å². The zero-order valence-electron chi connectivity index (χ0n) is 17.9. The highest BCUT2D eigenvalue weighted by molar-refractivity contribution is 7.14. The van der Waals surface area contributed by atoms with E-state index in [0.717, 1.165) is 34.0 Å². The second-order valence-electron chi connectivity index (χ2n) is 7.40. The van der Waals surface area contributed by atoms with Crippen molar-refractivity contribution in [3.63, 3.8) is 0 Å². The Labute approximate surface area is 189 Å². The summed E-state index contributed by atoms with van der Waals surface area (Å²) in [6.45, 7) is 5.52. The first-order chi connectivity index (χ1) is 15.4. The van der Waals surface area contributed by atoms with E-state index in [1.807, 2.05) is 50.4 Å². The van der Waals surface area contributed by atoms with E-state index in [0.29, 0.717) is 10.7 Å². The van der Waals surface area contributed by atoms with Gasteiger partial charge in [-0.2, -0.15) is 0 Å². The molecule has 0 radical (unpaired) electrons. The smallest absolute Gasteiger partial charge is 0.338 e. The lowest BCUT2D eigenvalue weighted by atomic mass is 10.1. The summed E-state index contributed by atoms with van der Waals surface area (Å²) in [7, 11) is 0. The summed E-state index contributed by atoms with van der Waals surface area (Å²) in [6.07, 6.45) is 0. The van der Waals surface area contributed by atoms with Crippen LogP contribution in [0.25, 0.3) is 22.6 Å². The molecule has 8 heteroatoms. The number of esters is 1. The third kappa shape index (κ3) is 4.92. The van der Waals surface area contributed by atoms with Gasteiger partial charge in [0.05, 0.1) is 17.0 Å². The Kier molecular flexibility index (Phi) is 6.13. The molecule has 2 N–H and O–H groups in total. The highest BCUT2D eigenvalue weighted by atomic mass is 32.1. The maximum Gasteiger partial charge on any atom is 0.338 e. The Bertz CT molecular complexity index is 1240. The zero-order valence-corrected chi connectivity index (χ0v) is 18.7. The van der Waals surface area contributed by atoms with Crippen molar-refractivity contribution in [3.8, 4) is 22.6 Å². The molecular weight excluding hydrogens is 424 g/mol. The monoisotopic (exact) mass is 446 g/mol. The lowest BCUT2D eigenvalue weighted by Gasteiger charge is -2.05. The van der Waals surface area contributed by atoms with Crippen LogP contribution in [0.1, 0.15) is 27.3 Å². The van der Waals surface area contributed by atoms with Crippen LogP contribution in [0, 0.1) is 20.8 Å². The van der Waals surface area contributed by atoms with Gasteiger partial charge in [-0.05, 0) is 32.9 Å². The molecule has 0 aliphatic heterocycles. The molecule has 7 nitrogen and oxygen atoms in total. The molecular formula is C24H22N4O3S. The molecule has 2 heterocycles. The fourth-order valence-electron chi connectivity index (χ4n) is 3.01. The predicted octanol–water partition coefficient (Wildman–Crippen LogP) is 4.92. The van der Waals surface area contributed by atoms with Crippen LogP contribution in [0.4, 0.5) is 5.13 Å². The Morgan fingerprint density at radius 2 is 1.66 bits per heavy atom. The number of thiazole rings is 1. The number of nitrogens with zero attached hydrogens (tertiary/aromatic N) is 2. The number of anilines is 1.